The van der Waals surface area contributed by atoms with E-state index in [1.54, 1.807) is 17.0 Å². The lowest BCUT2D eigenvalue weighted by Gasteiger charge is -2.21. The number of nitro groups is 1. The van der Waals surface area contributed by atoms with Crippen molar-refractivity contribution in [2.75, 3.05) is 32.1 Å². The molecule has 162 valence electrons. The van der Waals surface area contributed by atoms with Crippen molar-refractivity contribution in [3.8, 4) is 0 Å². The van der Waals surface area contributed by atoms with E-state index in [-0.39, 0.29) is 24.0 Å². The van der Waals surface area contributed by atoms with Gasteiger partial charge in [-0.1, -0.05) is 17.4 Å². The Labute approximate surface area is 193 Å². The number of likely N-dealkylation sites (N-methyl/N-ethyl adjacent to an activating group) is 1. The molecule has 0 aliphatic carbocycles. The van der Waals surface area contributed by atoms with Crippen LogP contribution in [0, 0.1) is 17.0 Å². The molecule has 0 unspecified atom stereocenters. The van der Waals surface area contributed by atoms with Crippen molar-refractivity contribution in [1.29, 1.82) is 0 Å². The van der Waals surface area contributed by atoms with Crippen molar-refractivity contribution in [3.05, 3.63) is 63.0 Å². The summed E-state index contributed by atoms with van der Waals surface area (Å²) in [5, 5.41) is 12.4. The first-order chi connectivity index (χ1) is 14.3. The second-order valence-electron chi connectivity index (χ2n) is 7.32. The number of carbonyl (C=O) groups is 1. The molecule has 0 N–H and O–H groups in total. The topological polar surface area (TPSA) is 79.6 Å². The lowest BCUT2D eigenvalue weighted by atomic mass is 10.2. The lowest BCUT2D eigenvalue weighted by molar-refractivity contribution is -0.384. The molecule has 31 heavy (non-hydrogen) atoms. The third-order valence-electron chi connectivity index (χ3n) is 4.70. The molecule has 0 aliphatic rings. The van der Waals surface area contributed by atoms with Gasteiger partial charge in [0.05, 0.1) is 20.0 Å². The number of nitrogens with zero attached hydrogens (tertiary/aromatic N) is 4. The number of carbonyl (C=O) groups excluding carboxylic acids is 1. The number of aromatic nitrogens is 1. The van der Waals surface area contributed by atoms with Gasteiger partial charge in [-0.15, -0.1) is 23.7 Å². The van der Waals surface area contributed by atoms with Crippen LogP contribution in [0.1, 0.15) is 15.2 Å². The SMILES string of the molecule is Cc1ccc2nc(N(CCN(C)C)C(=O)c3cc4cc([N+](=O)[O-])ccc4s3)sc2c1.Cl. The first-order valence-corrected chi connectivity index (χ1v) is 11.0. The second kappa shape index (κ2) is 9.27. The number of amides is 1. The molecule has 0 spiro atoms. The Morgan fingerprint density at radius 1 is 1.06 bits per heavy atom. The van der Waals surface area contributed by atoms with Crippen LogP contribution < -0.4 is 4.90 Å². The predicted molar refractivity (Wildman–Crippen MR) is 130 cm³/mol. The van der Waals surface area contributed by atoms with Gasteiger partial charge in [0.25, 0.3) is 11.6 Å². The normalized spacial score (nSPS) is 11.1. The highest BCUT2D eigenvalue weighted by Crippen LogP contribution is 2.33. The Morgan fingerprint density at radius 3 is 2.55 bits per heavy atom. The molecule has 2 aromatic carbocycles. The summed E-state index contributed by atoms with van der Waals surface area (Å²) in [6.07, 6.45) is 0. The molecule has 0 saturated heterocycles. The zero-order valence-corrected chi connectivity index (χ0v) is 19.6. The summed E-state index contributed by atoms with van der Waals surface area (Å²) in [5.41, 5.74) is 2.04. The number of fused-ring (bicyclic) bond motifs is 2. The van der Waals surface area contributed by atoms with Gasteiger partial charge in [-0.05, 0) is 50.8 Å². The third kappa shape index (κ3) is 4.85. The minimum atomic E-state index is -0.425. The number of hydrogen-bond acceptors (Lipinski definition) is 7. The molecule has 0 radical (unpaired) electrons. The molecule has 0 atom stereocenters. The van der Waals surface area contributed by atoms with E-state index in [1.807, 2.05) is 38.1 Å². The van der Waals surface area contributed by atoms with Crippen LogP contribution in [0.25, 0.3) is 20.3 Å². The van der Waals surface area contributed by atoms with Gasteiger partial charge in [-0.2, -0.15) is 0 Å². The van der Waals surface area contributed by atoms with Crippen LogP contribution in [0.2, 0.25) is 0 Å². The summed E-state index contributed by atoms with van der Waals surface area (Å²) in [7, 11) is 3.92. The first kappa shape index (κ1) is 23.1. The molecule has 0 fully saturated rings. The number of thiophene rings is 1. The predicted octanol–water partition coefficient (Wildman–Crippen LogP) is 5.36. The molecule has 2 heterocycles. The minimum Gasteiger partial charge on any atom is -0.308 e. The second-order valence-corrected chi connectivity index (χ2v) is 9.41. The van der Waals surface area contributed by atoms with Gasteiger partial charge in [0.1, 0.15) is 0 Å². The van der Waals surface area contributed by atoms with Gasteiger partial charge in [-0.25, -0.2) is 4.98 Å². The molecule has 1 amide bonds. The molecule has 10 heteroatoms. The number of thiazole rings is 1. The first-order valence-electron chi connectivity index (χ1n) is 9.33. The number of hydrogen-bond donors (Lipinski definition) is 0. The quantitative estimate of drug-likeness (QED) is 0.276. The molecule has 2 aromatic heterocycles. The average molecular weight is 477 g/mol. The molecular weight excluding hydrogens is 456 g/mol. The van der Waals surface area contributed by atoms with Crippen molar-refractivity contribution in [2.24, 2.45) is 0 Å². The fraction of sp³-hybridized carbons (Fsp3) is 0.238. The lowest BCUT2D eigenvalue weighted by Crippen LogP contribution is -2.36. The van der Waals surface area contributed by atoms with E-state index in [0.29, 0.717) is 28.5 Å². The van der Waals surface area contributed by atoms with E-state index < -0.39 is 4.92 Å². The number of non-ortho nitro benzene ring substituents is 1. The molecule has 0 saturated carbocycles. The highest BCUT2D eigenvalue weighted by atomic mass is 35.5. The van der Waals surface area contributed by atoms with E-state index in [2.05, 4.69) is 6.07 Å². The Bertz CT molecular complexity index is 1270. The van der Waals surface area contributed by atoms with Gasteiger partial charge >= 0.3 is 0 Å². The number of benzene rings is 2. The van der Waals surface area contributed by atoms with Gasteiger partial charge in [0, 0.05) is 35.3 Å². The van der Waals surface area contributed by atoms with E-state index >= 15 is 0 Å². The van der Waals surface area contributed by atoms with E-state index in [0.717, 1.165) is 20.5 Å². The Kier molecular flexibility index (Phi) is 6.90. The summed E-state index contributed by atoms with van der Waals surface area (Å²) in [5.74, 6) is -0.142. The number of anilines is 1. The van der Waals surface area contributed by atoms with Crippen molar-refractivity contribution in [1.82, 2.24) is 9.88 Å². The smallest absolute Gasteiger partial charge is 0.270 e. The Balaban J connectivity index is 0.00000272. The molecule has 4 aromatic rings. The molecule has 7 nitrogen and oxygen atoms in total. The van der Waals surface area contributed by atoms with Crippen LogP contribution in [-0.4, -0.2) is 47.9 Å². The van der Waals surface area contributed by atoms with Crippen molar-refractivity contribution >= 4 is 72.1 Å². The molecule has 0 bridgehead atoms. The summed E-state index contributed by atoms with van der Waals surface area (Å²) in [6, 6.07) is 12.5. The monoisotopic (exact) mass is 476 g/mol. The van der Waals surface area contributed by atoms with E-state index in [4.69, 9.17) is 4.98 Å². The number of aryl methyl sites for hydroxylation is 1. The van der Waals surface area contributed by atoms with Gasteiger partial charge in [0.15, 0.2) is 5.13 Å². The van der Waals surface area contributed by atoms with Gasteiger partial charge in [-0.3, -0.25) is 19.8 Å². The fourth-order valence-corrected chi connectivity index (χ4v) is 5.18. The van der Waals surface area contributed by atoms with Crippen LogP contribution in [0.15, 0.2) is 42.5 Å². The third-order valence-corrected chi connectivity index (χ3v) is 6.85. The van der Waals surface area contributed by atoms with Crippen LogP contribution in [0.4, 0.5) is 10.8 Å². The fourth-order valence-electron chi connectivity index (χ4n) is 3.10. The highest BCUT2D eigenvalue weighted by Gasteiger charge is 2.23. The largest absolute Gasteiger partial charge is 0.308 e. The highest BCUT2D eigenvalue weighted by molar-refractivity contribution is 7.23. The maximum atomic E-state index is 13.4. The van der Waals surface area contributed by atoms with Crippen LogP contribution in [-0.2, 0) is 0 Å². The standard InChI is InChI=1S/C21H20N4O3S2.ClH/c1-13-4-6-16-18(10-13)30-21(22-16)24(9-8-23(2)3)20(26)19-12-14-11-15(25(27)28)5-7-17(14)29-19;/h4-7,10-12H,8-9H2,1-3H3;1H. The number of rotatable bonds is 6. The van der Waals surface area contributed by atoms with Crippen molar-refractivity contribution < 1.29 is 9.72 Å². The van der Waals surface area contributed by atoms with Crippen LogP contribution >= 0.6 is 35.1 Å². The molecule has 0 aliphatic heterocycles. The zero-order valence-electron chi connectivity index (χ0n) is 17.2. The average Bonchev–Trinajstić information content (AvgIpc) is 3.30. The van der Waals surface area contributed by atoms with E-state index in [1.165, 1.54) is 34.8 Å². The van der Waals surface area contributed by atoms with Crippen molar-refractivity contribution in [2.45, 2.75) is 6.92 Å². The van der Waals surface area contributed by atoms with E-state index in [9.17, 15) is 14.9 Å². The maximum Gasteiger partial charge on any atom is 0.270 e. The summed E-state index contributed by atoms with van der Waals surface area (Å²) in [6.45, 7) is 3.22. The van der Waals surface area contributed by atoms with Gasteiger partial charge < -0.3 is 4.90 Å². The maximum absolute atomic E-state index is 13.4. The number of halogens is 1. The van der Waals surface area contributed by atoms with Crippen molar-refractivity contribution in [3.63, 3.8) is 0 Å². The van der Waals surface area contributed by atoms with Crippen LogP contribution in [0.3, 0.4) is 0 Å². The number of nitro benzene ring substituents is 1. The minimum absolute atomic E-state index is 0. The summed E-state index contributed by atoms with van der Waals surface area (Å²) in [4.78, 5) is 33.0. The molecular formula is C21H21ClN4O3S2. The summed E-state index contributed by atoms with van der Waals surface area (Å²) >= 11 is 2.84. The van der Waals surface area contributed by atoms with Gasteiger partial charge in [0.2, 0.25) is 0 Å². The Hall–Kier alpha value is -2.59. The summed E-state index contributed by atoms with van der Waals surface area (Å²) < 4.78 is 1.89. The Morgan fingerprint density at radius 2 is 1.84 bits per heavy atom. The van der Waals surface area contributed by atoms with Crippen LogP contribution in [0.5, 0.6) is 0 Å². The molecule has 4 rings (SSSR count). The zero-order chi connectivity index (χ0) is 21.4.